The van der Waals surface area contributed by atoms with Crippen molar-refractivity contribution in [2.45, 2.75) is 51.9 Å². The third-order valence-electron chi connectivity index (χ3n) is 3.60. The zero-order chi connectivity index (χ0) is 9.97. The molecular formula is C13H20O. The molecule has 0 saturated heterocycles. The highest BCUT2D eigenvalue weighted by Crippen LogP contribution is 2.38. The summed E-state index contributed by atoms with van der Waals surface area (Å²) in [5, 5.41) is 0. The fourth-order valence-electron chi connectivity index (χ4n) is 2.34. The number of carbonyl (C=O) groups is 1. The van der Waals surface area contributed by atoms with Gasteiger partial charge in [-0.25, -0.2) is 0 Å². The van der Waals surface area contributed by atoms with E-state index in [-0.39, 0.29) is 0 Å². The van der Waals surface area contributed by atoms with Crippen LogP contribution in [0.25, 0.3) is 0 Å². The zero-order valence-electron chi connectivity index (χ0n) is 9.09. The van der Waals surface area contributed by atoms with Crippen LogP contribution in [0.5, 0.6) is 0 Å². The van der Waals surface area contributed by atoms with Crippen LogP contribution in [0.15, 0.2) is 11.6 Å². The van der Waals surface area contributed by atoms with Gasteiger partial charge in [-0.3, -0.25) is 4.79 Å². The molecule has 0 aromatic heterocycles. The van der Waals surface area contributed by atoms with Crippen LogP contribution in [-0.2, 0) is 4.79 Å². The fourth-order valence-corrected chi connectivity index (χ4v) is 2.34. The predicted molar refractivity (Wildman–Crippen MR) is 58.1 cm³/mol. The van der Waals surface area contributed by atoms with Crippen molar-refractivity contribution in [3.05, 3.63) is 11.6 Å². The first-order valence-electron chi connectivity index (χ1n) is 6.02. The van der Waals surface area contributed by atoms with E-state index in [9.17, 15) is 4.79 Å². The number of ketones is 1. The Morgan fingerprint density at radius 3 is 2.86 bits per heavy atom. The maximum absolute atomic E-state index is 12.1. The van der Waals surface area contributed by atoms with E-state index in [0.717, 1.165) is 18.4 Å². The van der Waals surface area contributed by atoms with Crippen molar-refractivity contribution in [1.82, 2.24) is 0 Å². The molecule has 1 heteroatoms. The lowest BCUT2D eigenvalue weighted by molar-refractivity contribution is -0.119. The molecular weight excluding hydrogens is 172 g/mol. The molecule has 0 spiro atoms. The molecule has 1 fully saturated rings. The van der Waals surface area contributed by atoms with E-state index in [2.05, 4.69) is 13.0 Å². The molecule has 0 radical (unpaired) electrons. The smallest absolute Gasteiger partial charge is 0.161 e. The summed E-state index contributed by atoms with van der Waals surface area (Å²) in [6.07, 6.45) is 10.7. The van der Waals surface area contributed by atoms with Gasteiger partial charge < -0.3 is 0 Å². The van der Waals surface area contributed by atoms with E-state index < -0.39 is 0 Å². The molecule has 14 heavy (non-hydrogen) atoms. The minimum absolute atomic E-state index is 0.305. The van der Waals surface area contributed by atoms with Crippen molar-refractivity contribution in [1.29, 1.82) is 0 Å². The molecule has 0 aromatic carbocycles. The average molecular weight is 192 g/mol. The van der Waals surface area contributed by atoms with Crippen LogP contribution in [0.3, 0.4) is 0 Å². The van der Waals surface area contributed by atoms with Gasteiger partial charge in [-0.15, -0.1) is 0 Å². The van der Waals surface area contributed by atoms with Crippen LogP contribution in [0.1, 0.15) is 51.9 Å². The van der Waals surface area contributed by atoms with Crippen molar-refractivity contribution < 1.29 is 4.79 Å². The third kappa shape index (κ3) is 2.26. The Bertz CT molecular complexity index is 248. The molecule has 1 unspecified atom stereocenters. The number of hydrogen-bond donors (Lipinski definition) is 0. The minimum Gasteiger partial charge on any atom is -0.294 e. The second kappa shape index (κ2) is 4.29. The molecule has 0 aliphatic heterocycles. The van der Waals surface area contributed by atoms with E-state index in [1.54, 1.807) is 0 Å². The molecule has 1 atom stereocenters. The SMILES string of the molecule is CC(C(=O)C1=CCCCCC1)C1CC1. The highest BCUT2D eigenvalue weighted by Gasteiger charge is 2.33. The van der Waals surface area contributed by atoms with Crippen LogP contribution in [-0.4, -0.2) is 5.78 Å². The molecule has 78 valence electrons. The summed E-state index contributed by atoms with van der Waals surface area (Å²) in [4.78, 5) is 12.1. The lowest BCUT2D eigenvalue weighted by Crippen LogP contribution is -2.15. The lowest BCUT2D eigenvalue weighted by Gasteiger charge is -2.11. The van der Waals surface area contributed by atoms with Gasteiger partial charge in [0.05, 0.1) is 0 Å². The summed E-state index contributed by atoms with van der Waals surface area (Å²) < 4.78 is 0. The maximum Gasteiger partial charge on any atom is 0.161 e. The second-order valence-electron chi connectivity index (χ2n) is 4.82. The first-order valence-corrected chi connectivity index (χ1v) is 6.02. The highest BCUT2D eigenvalue weighted by molar-refractivity contribution is 5.97. The Labute approximate surface area is 86.6 Å². The normalized spacial score (nSPS) is 25.1. The average Bonchev–Trinajstić information content (AvgIpc) is 3.02. The topological polar surface area (TPSA) is 17.1 Å². The van der Waals surface area contributed by atoms with Gasteiger partial charge in [0.1, 0.15) is 0 Å². The molecule has 1 saturated carbocycles. The lowest BCUT2D eigenvalue weighted by atomic mass is 9.92. The van der Waals surface area contributed by atoms with E-state index in [1.165, 1.54) is 32.1 Å². The summed E-state index contributed by atoms with van der Waals surface area (Å²) >= 11 is 0. The maximum atomic E-state index is 12.1. The third-order valence-corrected chi connectivity index (χ3v) is 3.60. The summed E-state index contributed by atoms with van der Waals surface area (Å²) in [6.45, 7) is 2.12. The Balaban J connectivity index is 1.97. The van der Waals surface area contributed by atoms with Crippen LogP contribution in [0.2, 0.25) is 0 Å². The van der Waals surface area contributed by atoms with E-state index in [4.69, 9.17) is 0 Å². The van der Waals surface area contributed by atoms with Crippen LogP contribution >= 0.6 is 0 Å². The van der Waals surface area contributed by atoms with Gasteiger partial charge in [-0.1, -0.05) is 19.4 Å². The molecule has 2 aliphatic carbocycles. The van der Waals surface area contributed by atoms with Crippen molar-refractivity contribution in [2.75, 3.05) is 0 Å². The zero-order valence-corrected chi connectivity index (χ0v) is 9.09. The molecule has 0 N–H and O–H groups in total. The van der Waals surface area contributed by atoms with Crippen LogP contribution in [0.4, 0.5) is 0 Å². The molecule has 0 amide bonds. The van der Waals surface area contributed by atoms with Crippen molar-refractivity contribution in [2.24, 2.45) is 11.8 Å². The Morgan fingerprint density at radius 2 is 2.14 bits per heavy atom. The first kappa shape index (κ1) is 9.95. The molecule has 2 rings (SSSR count). The van der Waals surface area contributed by atoms with Gasteiger partial charge in [0.2, 0.25) is 0 Å². The predicted octanol–water partition coefficient (Wildman–Crippen LogP) is 3.49. The number of rotatable bonds is 3. The van der Waals surface area contributed by atoms with Gasteiger partial charge in [0, 0.05) is 5.92 Å². The van der Waals surface area contributed by atoms with Gasteiger partial charge >= 0.3 is 0 Å². The first-order chi connectivity index (χ1) is 6.79. The second-order valence-corrected chi connectivity index (χ2v) is 4.82. The monoisotopic (exact) mass is 192 g/mol. The Morgan fingerprint density at radius 1 is 1.36 bits per heavy atom. The largest absolute Gasteiger partial charge is 0.294 e. The highest BCUT2D eigenvalue weighted by atomic mass is 16.1. The van der Waals surface area contributed by atoms with E-state index in [1.807, 2.05) is 0 Å². The van der Waals surface area contributed by atoms with E-state index >= 15 is 0 Å². The number of allylic oxidation sites excluding steroid dienone is 2. The minimum atomic E-state index is 0.305. The summed E-state index contributed by atoms with van der Waals surface area (Å²) in [6, 6.07) is 0. The van der Waals surface area contributed by atoms with Crippen molar-refractivity contribution in [3.8, 4) is 0 Å². The molecule has 0 bridgehead atoms. The van der Waals surface area contributed by atoms with E-state index in [0.29, 0.717) is 17.6 Å². The molecule has 0 heterocycles. The Kier molecular flexibility index (Phi) is 3.05. The quantitative estimate of drug-likeness (QED) is 0.669. The van der Waals surface area contributed by atoms with Crippen LogP contribution < -0.4 is 0 Å². The number of carbonyl (C=O) groups excluding carboxylic acids is 1. The molecule has 0 aromatic rings. The van der Waals surface area contributed by atoms with Gasteiger partial charge in [0.15, 0.2) is 5.78 Å². The van der Waals surface area contributed by atoms with Gasteiger partial charge in [-0.2, -0.15) is 0 Å². The Hall–Kier alpha value is -0.590. The number of hydrogen-bond acceptors (Lipinski definition) is 1. The summed E-state index contributed by atoms with van der Waals surface area (Å²) in [5.74, 6) is 1.47. The van der Waals surface area contributed by atoms with Crippen molar-refractivity contribution in [3.63, 3.8) is 0 Å². The van der Waals surface area contributed by atoms with Crippen LogP contribution in [0, 0.1) is 11.8 Å². The fraction of sp³-hybridized carbons (Fsp3) is 0.769. The van der Waals surface area contributed by atoms with Gasteiger partial charge in [-0.05, 0) is 50.0 Å². The molecule has 1 nitrogen and oxygen atoms in total. The summed E-state index contributed by atoms with van der Waals surface area (Å²) in [5.41, 5.74) is 1.14. The van der Waals surface area contributed by atoms with Gasteiger partial charge in [0.25, 0.3) is 0 Å². The van der Waals surface area contributed by atoms with Crippen molar-refractivity contribution >= 4 is 5.78 Å². The molecule has 2 aliphatic rings. The standard InChI is InChI=1S/C13H20O/c1-10(11-8-9-11)13(14)12-6-4-2-3-5-7-12/h6,10-11H,2-5,7-9H2,1H3. The number of Topliss-reactive ketones (excluding diaryl/α,β-unsaturated/α-hetero) is 1. The summed E-state index contributed by atoms with van der Waals surface area (Å²) in [7, 11) is 0.